The number of amides is 5. The summed E-state index contributed by atoms with van der Waals surface area (Å²) in [6.07, 6.45) is 6.85. The summed E-state index contributed by atoms with van der Waals surface area (Å²) in [7, 11) is 0. The highest BCUT2D eigenvalue weighted by Crippen LogP contribution is 2.17. The number of carbonyl (C=O) groups is 5. The Balaban J connectivity index is 1.76. The van der Waals surface area contributed by atoms with Crippen LogP contribution in [0.5, 0.6) is 5.75 Å². The Morgan fingerprint density at radius 2 is 1.49 bits per heavy atom. The minimum atomic E-state index is -3.10. The molecule has 0 bridgehead atoms. The first-order valence-electron chi connectivity index (χ1n) is 20.7. The first-order chi connectivity index (χ1) is 29.0. The van der Waals surface area contributed by atoms with E-state index >= 15 is 0 Å². The van der Waals surface area contributed by atoms with Crippen LogP contribution in [0.2, 0.25) is 0 Å². The van der Waals surface area contributed by atoms with Crippen LogP contribution in [0.25, 0.3) is 0 Å². The molecule has 0 saturated heterocycles. The Labute approximate surface area is 357 Å². The molecular weight excluding hydrogens is 785 g/mol. The molecule has 18 nitrogen and oxygen atoms in total. The highest BCUT2D eigenvalue weighted by atomic mass is 16.5. The SMILES string of the molecule is CCCCc1ccc(OCC[C@@H](Cc2ccccc2)NC(=O)C(O)(O)[C@H](C)NC(=O)[C@H](Cc2cnc[nH]2)NC(=O)[C@H](CCCN=C(N)N)NC(=O)[C@@H](NC(C)=O)C(C)C)cc1. The van der Waals surface area contributed by atoms with E-state index in [1.807, 2.05) is 54.6 Å². The maximum Gasteiger partial charge on any atom is 0.282 e. The number of H-pyrrole nitrogens is 1. The molecule has 5 atom stereocenters. The van der Waals surface area contributed by atoms with Crippen molar-refractivity contribution in [3.05, 3.63) is 83.9 Å². The van der Waals surface area contributed by atoms with Gasteiger partial charge in [-0.25, -0.2) is 4.98 Å². The van der Waals surface area contributed by atoms with Crippen LogP contribution in [-0.4, -0.2) is 105 Å². The van der Waals surface area contributed by atoms with Crippen LogP contribution in [-0.2, 0) is 43.2 Å². The molecule has 0 aliphatic heterocycles. The van der Waals surface area contributed by atoms with E-state index < -0.39 is 65.5 Å². The smallest absolute Gasteiger partial charge is 0.282 e. The van der Waals surface area contributed by atoms with Gasteiger partial charge in [-0.2, -0.15) is 0 Å². The van der Waals surface area contributed by atoms with Gasteiger partial charge in [-0.3, -0.25) is 29.0 Å². The molecule has 1 aromatic heterocycles. The van der Waals surface area contributed by atoms with E-state index in [1.54, 1.807) is 13.8 Å². The molecular formula is C43H64N10O8. The molecule has 18 heteroatoms. The maximum atomic E-state index is 13.9. The molecule has 3 aromatic rings. The number of aryl methyl sites for hydroxylation is 1. The number of nitrogens with zero attached hydrogens (tertiary/aromatic N) is 2. The number of rotatable bonds is 26. The number of aliphatic imine (C=N–C) groups is 1. The molecule has 0 spiro atoms. The molecule has 0 saturated carbocycles. The molecule has 2 aromatic carbocycles. The van der Waals surface area contributed by atoms with Gasteiger partial charge in [0.05, 0.1) is 19.0 Å². The number of unbranched alkanes of at least 4 members (excludes halogenated alkanes) is 1. The van der Waals surface area contributed by atoms with Crippen molar-refractivity contribution in [1.29, 1.82) is 0 Å². The molecule has 334 valence electrons. The number of nitrogens with one attached hydrogen (secondary N) is 6. The molecule has 0 fully saturated rings. The summed E-state index contributed by atoms with van der Waals surface area (Å²) >= 11 is 0. The molecule has 5 amide bonds. The first-order valence-corrected chi connectivity index (χ1v) is 20.7. The second-order valence-electron chi connectivity index (χ2n) is 15.5. The molecule has 0 aliphatic carbocycles. The van der Waals surface area contributed by atoms with Crippen LogP contribution in [0.3, 0.4) is 0 Å². The van der Waals surface area contributed by atoms with Crippen LogP contribution in [0.15, 0.2) is 72.1 Å². The van der Waals surface area contributed by atoms with Crippen molar-refractivity contribution < 1.29 is 38.9 Å². The standard InChI is InChI=1S/C43H64N10O8/c1-6-7-12-30-16-18-34(19-17-30)61-22-20-32(23-31-13-9-8-10-14-31)51-41(58)43(59,60)28(4)49-39(56)36(24-33-25-46-26-48-33)53-38(55)35(15-11-21-47-42(44)45)52-40(57)37(27(2)3)50-29(5)54/h8-10,13-14,16-19,25-28,32,35-37,59-60H,6-7,11-12,15,20-24H2,1-5H3,(H,46,48)(H,49,56)(H,50,54)(H,51,58)(H,52,57)(H,53,55)(H4,44,45,47)/t28-,32-,35-,36-,37-/m0/s1. The second-order valence-corrected chi connectivity index (χ2v) is 15.5. The molecule has 3 rings (SSSR count). The summed E-state index contributed by atoms with van der Waals surface area (Å²) in [6, 6.07) is 11.5. The van der Waals surface area contributed by atoms with Gasteiger partial charge in [0.25, 0.3) is 11.7 Å². The van der Waals surface area contributed by atoms with Crippen molar-refractivity contribution in [2.75, 3.05) is 13.2 Å². The number of hydrogen-bond donors (Lipinski definition) is 10. The van der Waals surface area contributed by atoms with E-state index in [2.05, 4.69) is 48.5 Å². The number of benzene rings is 2. The Bertz CT molecular complexity index is 1850. The summed E-state index contributed by atoms with van der Waals surface area (Å²) in [6.45, 7) is 8.48. The fraction of sp³-hybridized carbons (Fsp3) is 0.512. The minimum Gasteiger partial charge on any atom is -0.494 e. The Hall–Kier alpha value is -6.01. The Morgan fingerprint density at radius 3 is 2.10 bits per heavy atom. The number of aliphatic hydroxyl groups is 2. The third-order valence-electron chi connectivity index (χ3n) is 9.93. The average molecular weight is 849 g/mol. The maximum absolute atomic E-state index is 13.9. The van der Waals surface area contributed by atoms with Crippen LogP contribution < -0.4 is 42.8 Å². The number of carbonyl (C=O) groups excluding carboxylic acids is 5. The zero-order valence-electron chi connectivity index (χ0n) is 35.8. The third-order valence-corrected chi connectivity index (χ3v) is 9.93. The monoisotopic (exact) mass is 848 g/mol. The third kappa shape index (κ3) is 17.2. The summed E-state index contributed by atoms with van der Waals surface area (Å²) in [5.41, 5.74) is 13.5. The van der Waals surface area contributed by atoms with Crippen LogP contribution in [0.1, 0.15) is 83.5 Å². The zero-order valence-corrected chi connectivity index (χ0v) is 35.8. The molecule has 0 unspecified atom stereocenters. The largest absolute Gasteiger partial charge is 0.494 e. The van der Waals surface area contributed by atoms with Gasteiger partial charge >= 0.3 is 0 Å². The summed E-state index contributed by atoms with van der Waals surface area (Å²) in [5, 5.41) is 35.5. The number of guanidine groups is 1. The normalized spacial score (nSPS) is 13.8. The second kappa shape index (κ2) is 24.9. The molecule has 12 N–H and O–H groups in total. The van der Waals surface area contributed by atoms with Gasteiger partial charge < -0.3 is 58.0 Å². The van der Waals surface area contributed by atoms with Gasteiger partial charge in [0.15, 0.2) is 5.96 Å². The number of nitrogens with two attached hydrogens (primary N) is 2. The zero-order chi connectivity index (χ0) is 45.0. The number of imidazole rings is 1. The summed E-state index contributed by atoms with van der Waals surface area (Å²) in [4.78, 5) is 77.3. The highest BCUT2D eigenvalue weighted by Gasteiger charge is 2.42. The van der Waals surface area contributed by atoms with Crippen LogP contribution >= 0.6 is 0 Å². The van der Waals surface area contributed by atoms with Crippen LogP contribution in [0, 0.1) is 5.92 Å². The number of aromatic nitrogens is 2. The lowest BCUT2D eigenvalue weighted by molar-refractivity contribution is -0.195. The Kier molecular flexibility index (Phi) is 20.2. The lowest BCUT2D eigenvalue weighted by Gasteiger charge is -2.31. The first kappa shape index (κ1) is 49.4. The van der Waals surface area contributed by atoms with Crippen molar-refractivity contribution in [2.24, 2.45) is 22.4 Å². The summed E-state index contributed by atoms with van der Waals surface area (Å²) < 4.78 is 5.98. The van der Waals surface area contributed by atoms with Gasteiger partial charge in [-0.15, -0.1) is 0 Å². The van der Waals surface area contributed by atoms with Gasteiger partial charge in [0.1, 0.15) is 23.9 Å². The molecule has 1 heterocycles. The van der Waals surface area contributed by atoms with E-state index in [0.717, 1.165) is 24.8 Å². The lowest BCUT2D eigenvalue weighted by Crippen LogP contribution is -2.64. The van der Waals surface area contributed by atoms with E-state index in [0.29, 0.717) is 24.3 Å². The van der Waals surface area contributed by atoms with E-state index in [9.17, 15) is 34.2 Å². The average Bonchev–Trinajstić information content (AvgIpc) is 3.73. The highest BCUT2D eigenvalue weighted by molar-refractivity contribution is 5.94. The van der Waals surface area contributed by atoms with Crippen molar-refractivity contribution in [1.82, 2.24) is 36.6 Å². The molecule has 0 radical (unpaired) electrons. The van der Waals surface area contributed by atoms with Crippen molar-refractivity contribution in [3.63, 3.8) is 0 Å². The van der Waals surface area contributed by atoms with Crippen molar-refractivity contribution in [3.8, 4) is 5.75 Å². The fourth-order valence-corrected chi connectivity index (χ4v) is 6.36. The summed E-state index contributed by atoms with van der Waals surface area (Å²) in [5.74, 6) is -6.76. The topological polar surface area (TPSA) is 288 Å². The fourth-order valence-electron chi connectivity index (χ4n) is 6.36. The number of hydrogen-bond acceptors (Lipinski definition) is 10. The lowest BCUT2D eigenvalue weighted by atomic mass is 10.0. The quantitative estimate of drug-likeness (QED) is 0.0234. The van der Waals surface area contributed by atoms with E-state index in [-0.39, 0.29) is 44.3 Å². The van der Waals surface area contributed by atoms with Gasteiger partial charge in [0.2, 0.25) is 23.6 Å². The van der Waals surface area contributed by atoms with Gasteiger partial charge in [0, 0.05) is 44.2 Å². The van der Waals surface area contributed by atoms with Crippen LogP contribution in [0.4, 0.5) is 0 Å². The van der Waals surface area contributed by atoms with Crippen molar-refractivity contribution >= 4 is 35.5 Å². The van der Waals surface area contributed by atoms with Crippen molar-refractivity contribution in [2.45, 2.75) is 122 Å². The van der Waals surface area contributed by atoms with Gasteiger partial charge in [-0.05, 0) is 68.2 Å². The molecule has 0 aliphatic rings. The minimum absolute atomic E-state index is 0.0467. The predicted molar refractivity (Wildman–Crippen MR) is 231 cm³/mol. The number of ether oxygens (including phenoxy) is 1. The molecule has 61 heavy (non-hydrogen) atoms. The van der Waals surface area contributed by atoms with E-state index in [4.69, 9.17) is 16.2 Å². The van der Waals surface area contributed by atoms with E-state index in [1.165, 1.54) is 31.9 Å². The van der Waals surface area contributed by atoms with Gasteiger partial charge in [-0.1, -0.05) is 69.7 Å². The Morgan fingerprint density at radius 1 is 0.820 bits per heavy atom. The predicted octanol–water partition coefficient (Wildman–Crippen LogP) is 0.861. The number of aromatic amines is 1.